The summed E-state index contributed by atoms with van der Waals surface area (Å²) in [4.78, 5) is 19.9. The van der Waals surface area contributed by atoms with E-state index in [0.29, 0.717) is 59.9 Å². The van der Waals surface area contributed by atoms with Crippen molar-refractivity contribution in [2.45, 2.75) is 52.1 Å². The summed E-state index contributed by atoms with van der Waals surface area (Å²) in [6.45, 7) is 5.29. The van der Waals surface area contributed by atoms with E-state index in [1.165, 1.54) is 10.6 Å². The van der Waals surface area contributed by atoms with Crippen molar-refractivity contribution < 1.29 is 8.78 Å². The Balaban J connectivity index is 1.54. The smallest absolute Gasteiger partial charge is 0.354 e. The summed E-state index contributed by atoms with van der Waals surface area (Å²) >= 11 is 6.20. The average molecular weight is 570 g/mol. The minimum absolute atomic E-state index is 0.0164. The number of nitrogens with two attached hydrogens (primary N) is 1. The maximum absolute atomic E-state index is 15.0. The predicted molar refractivity (Wildman–Crippen MR) is 156 cm³/mol. The van der Waals surface area contributed by atoms with E-state index in [2.05, 4.69) is 20.6 Å². The fourth-order valence-electron chi connectivity index (χ4n) is 4.48. The third kappa shape index (κ3) is 7.32. The molecule has 40 heavy (non-hydrogen) atoms. The molecule has 4 aromatic rings. The molecule has 0 saturated heterocycles. The van der Waals surface area contributed by atoms with Crippen LogP contribution in [-0.2, 0) is 13.0 Å². The zero-order chi connectivity index (χ0) is 28.8. The Morgan fingerprint density at radius 2 is 2.00 bits per heavy atom. The molecular weight excluding hydrogens is 536 g/mol. The van der Waals surface area contributed by atoms with Gasteiger partial charge >= 0.3 is 5.69 Å². The van der Waals surface area contributed by atoms with Crippen LogP contribution in [0.3, 0.4) is 0 Å². The average Bonchev–Trinajstić information content (AvgIpc) is 3.30. The lowest BCUT2D eigenvalue weighted by molar-refractivity contribution is 0.579. The first-order valence-electron chi connectivity index (χ1n) is 13.3. The summed E-state index contributed by atoms with van der Waals surface area (Å²) in [5.41, 5.74) is 7.95. The van der Waals surface area contributed by atoms with Gasteiger partial charge in [0.15, 0.2) is 5.82 Å². The lowest BCUT2D eigenvalue weighted by Crippen LogP contribution is -2.25. The molecule has 0 aliphatic carbocycles. The minimum Gasteiger partial charge on any atom is -0.374 e. The van der Waals surface area contributed by atoms with Crippen LogP contribution in [0.25, 0.3) is 28.0 Å². The zero-order valence-electron chi connectivity index (χ0n) is 22.6. The number of nitrogens with zero attached hydrogens (tertiary/aromatic N) is 2. The SMILES string of the molecule is CC(=N)NCCCNCc1ccc(-n2cc3cc(-c4cc(CCC[C@H](C)N)cc(Cl)c4F)[nH]c3nc2=O)cc1F. The molecule has 0 bridgehead atoms. The van der Waals surface area contributed by atoms with E-state index >= 15 is 4.39 Å². The van der Waals surface area contributed by atoms with E-state index in [-0.39, 0.29) is 16.6 Å². The number of aromatic nitrogens is 3. The van der Waals surface area contributed by atoms with Gasteiger partial charge in [-0.3, -0.25) is 9.98 Å². The van der Waals surface area contributed by atoms with E-state index in [9.17, 15) is 9.18 Å². The van der Waals surface area contributed by atoms with E-state index in [0.717, 1.165) is 24.8 Å². The highest BCUT2D eigenvalue weighted by atomic mass is 35.5. The van der Waals surface area contributed by atoms with Gasteiger partial charge in [0.05, 0.1) is 22.2 Å². The molecule has 212 valence electrons. The lowest BCUT2D eigenvalue weighted by Gasteiger charge is -2.10. The van der Waals surface area contributed by atoms with Gasteiger partial charge in [-0.25, -0.2) is 13.6 Å². The van der Waals surface area contributed by atoms with Gasteiger partial charge in [-0.1, -0.05) is 17.7 Å². The van der Waals surface area contributed by atoms with Crippen LogP contribution in [0.5, 0.6) is 0 Å². The molecule has 0 unspecified atom stereocenters. The molecule has 8 nitrogen and oxygen atoms in total. The van der Waals surface area contributed by atoms with Crippen molar-refractivity contribution in [3.05, 3.63) is 80.9 Å². The first-order chi connectivity index (χ1) is 19.1. The van der Waals surface area contributed by atoms with Gasteiger partial charge in [-0.2, -0.15) is 4.98 Å². The van der Waals surface area contributed by atoms with E-state index in [1.54, 1.807) is 43.5 Å². The molecule has 2 heterocycles. The minimum atomic E-state index is -0.594. The van der Waals surface area contributed by atoms with E-state index in [4.69, 9.17) is 22.7 Å². The summed E-state index contributed by atoms with van der Waals surface area (Å²) in [5, 5.41) is 14.0. The normalized spacial score (nSPS) is 12.2. The van der Waals surface area contributed by atoms with Crippen molar-refractivity contribution in [1.29, 1.82) is 5.41 Å². The summed E-state index contributed by atoms with van der Waals surface area (Å²) in [5.74, 6) is -0.598. The lowest BCUT2D eigenvalue weighted by atomic mass is 10.0. The van der Waals surface area contributed by atoms with Crippen LogP contribution >= 0.6 is 11.6 Å². The highest BCUT2D eigenvalue weighted by Gasteiger charge is 2.16. The fraction of sp³-hybridized carbons (Fsp3) is 0.345. The second-order valence-electron chi connectivity index (χ2n) is 10.0. The highest BCUT2D eigenvalue weighted by molar-refractivity contribution is 6.31. The van der Waals surface area contributed by atoms with Gasteiger partial charge < -0.3 is 21.4 Å². The third-order valence-electron chi connectivity index (χ3n) is 6.56. The van der Waals surface area contributed by atoms with Crippen molar-refractivity contribution in [2.24, 2.45) is 5.73 Å². The number of aryl methyl sites for hydroxylation is 1. The number of fused-ring (bicyclic) bond motifs is 1. The summed E-state index contributed by atoms with van der Waals surface area (Å²) in [6.07, 6.45) is 4.75. The molecule has 0 spiro atoms. The van der Waals surface area contributed by atoms with Gasteiger partial charge in [0.2, 0.25) is 0 Å². The first-order valence-corrected chi connectivity index (χ1v) is 13.6. The van der Waals surface area contributed by atoms with Crippen LogP contribution in [0, 0.1) is 17.0 Å². The number of benzene rings is 2. The van der Waals surface area contributed by atoms with Crippen molar-refractivity contribution in [2.75, 3.05) is 13.1 Å². The van der Waals surface area contributed by atoms with Crippen molar-refractivity contribution >= 4 is 28.5 Å². The molecule has 0 saturated carbocycles. The Kier molecular flexibility index (Phi) is 9.67. The largest absolute Gasteiger partial charge is 0.374 e. The zero-order valence-corrected chi connectivity index (χ0v) is 23.3. The molecule has 0 aliphatic rings. The van der Waals surface area contributed by atoms with Gasteiger partial charge in [-0.05, 0) is 82.0 Å². The van der Waals surface area contributed by atoms with Gasteiger partial charge in [0, 0.05) is 41.8 Å². The number of rotatable bonds is 12. The number of H-pyrrole nitrogens is 1. The predicted octanol–water partition coefficient (Wildman–Crippen LogP) is 5.05. The summed E-state index contributed by atoms with van der Waals surface area (Å²) in [6, 6.07) is 9.73. The van der Waals surface area contributed by atoms with Gasteiger partial charge in [0.25, 0.3) is 0 Å². The van der Waals surface area contributed by atoms with Crippen LogP contribution in [0.1, 0.15) is 44.2 Å². The Labute approximate surface area is 236 Å². The Bertz CT molecular complexity index is 1560. The molecule has 6 N–H and O–H groups in total. The van der Waals surface area contributed by atoms with Crippen LogP contribution in [0.4, 0.5) is 8.78 Å². The number of aromatic amines is 1. The molecular formula is C29H34ClF2N7O. The fourth-order valence-corrected chi connectivity index (χ4v) is 4.72. The number of halogens is 3. The number of hydrogen-bond acceptors (Lipinski definition) is 5. The first kappa shape index (κ1) is 29.4. The van der Waals surface area contributed by atoms with E-state index in [1.807, 2.05) is 6.92 Å². The molecule has 0 aliphatic heterocycles. The molecule has 0 amide bonds. The number of nitrogens with one attached hydrogen (secondary N) is 4. The summed E-state index contributed by atoms with van der Waals surface area (Å²) in [7, 11) is 0. The van der Waals surface area contributed by atoms with Crippen molar-refractivity contribution in [1.82, 2.24) is 25.2 Å². The molecule has 11 heteroatoms. The molecule has 0 radical (unpaired) electrons. The molecule has 4 rings (SSSR count). The number of amidine groups is 1. The second kappa shape index (κ2) is 13.2. The molecule has 1 atom stereocenters. The second-order valence-corrected chi connectivity index (χ2v) is 10.5. The molecule has 2 aromatic heterocycles. The number of hydrogen-bond donors (Lipinski definition) is 5. The van der Waals surface area contributed by atoms with Crippen molar-refractivity contribution in [3.8, 4) is 16.9 Å². The standard InChI is InChI=1S/C29H34ClF2N7O/c1-17(33)5-3-6-19-11-23(27(32)24(30)12-19)26-13-21-16-39(29(40)38-28(21)37-26)22-8-7-20(25(31)14-22)15-35-9-4-10-36-18(2)34/h7-8,11-14,16-17,35H,3-6,9-10,15,33H2,1-2H3,(H2,34,36)(H,37,38,40)/t17-/m0/s1. The van der Waals surface area contributed by atoms with Crippen LogP contribution in [-0.4, -0.2) is 39.5 Å². The van der Waals surface area contributed by atoms with Gasteiger partial charge in [0.1, 0.15) is 11.5 Å². The monoisotopic (exact) mass is 569 g/mol. The Morgan fingerprint density at radius 3 is 2.73 bits per heavy atom. The topological polar surface area (TPSA) is 125 Å². The van der Waals surface area contributed by atoms with Crippen molar-refractivity contribution in [3.63, 3.8) is 0 Å². The summed E-state index contributed by atoms with van der Waals surface area (Å²) < 4.78 is 31.1. The van der Waals surface area contributed by atoms with Crippen LogP contribution in [0.15, 0.2) is 47.4 Å². The van der Waals surface area contributed by atoms with E-state index < -0.39 is 17.3 Å². The van der Waals surface area contributed by atoms with Crippen LogP contribution in [0.2, 0.25) is 5.02 Å². The molecule has 2 aromatic carbocycles. The Hall–Kier alpha value is -3.60. The van der Waals surface area contributed by atoms with Crippen LogP contribution < -0.4 is 22.1 Å². The highest BCUT2D eigenvalue weighted by Crippen LogP contribution is 2.31. The third-order valence-corrected chi connectivity index (χ3v) is 6.84. The maximum atomic E-state index is 15.0. The molecule has 0 fully saturated rings. The van der Waals surface area contributed by atoms with Gasteiger partial charge in [-0.15, -0.1) is 0 Å². The quantitative estimate of drug-likeness (QED) is 0.0928. The maximum Gasteiger partial charge on any atom is 0.354 e. The Morgan fingerprint density at radius 1 is 1.20 bits per heavy atom.